The molecule has 1 aliphatic rings. The molecule has 0 aromatic heterocycles. The highest BCUT2D eigenvalue weighted by Crippen LogP contribution is 2.28. The number of nitrogens with zero attached hydrogens (tertiary/aromatic N) is 2. The minimum atomic E-state index is 0.0421. The first-order valence-electron chi connectivity index (χ1n) is 8.70. The molecular weight excluding hydrogens is 328 g/mol. The zero-order chi connectivity index (χ0) is 18.4. The van der Waals surface area contributed by atoms with Crippen LogP contribution in [0.1, 0.15) is 5.56 Å². The Labute approximate surface area is 154 Å². The molecule has 0 bridgehead atoms. The van der Waals surface area contributed by atoms with E-state index in [-0.39, 0.29) is 5.91 Å². The summed E-state index contributed by atoms with van der Waals surface area (Å²) < 4.78 is 10.6. The third-order valence-electron chi connectivity index (χ3n) is 4.55. The van der Waals surface area contributed by atoms with Crippen LogP contribution in [0.5, 0.6) is 11.5 Å². The van der Waals surface area contributed by atoms with E-state index < -0.39 is 0 Å². The van der Waals surface area contributed by atoms with Crippen molar-refractivity contribution in [2.75, 3.05) is 45.3 Å². The minimum absolute atomic E-state index is 0.0421. The van der Waals surface area contributed by atoms with Gasteiger partial charge in [-0.15, -0.1) is 0 Å². The molecule has 1 heterocycles. The summed E-state index contributed by atoms with van der Waals surface area (Å²) >= 11 is 0. The van der Waals surface area contributed by atoms with E-state index in [9.17, 15) is 4.79 Å². The number of carbonyl (C=O) groups is 1. The highest BCUT2D eigenvalue weighted by atomic mass is 16.5. The number of amides is 1. The van der Waals surface area contributed by atoms with Crippen molar-refractivity contribution in [1.82, 2.24) is 4.90 Å². The standard InChI is InChI=1S/C21H24N2O3/c1-25-18-10-7-17(8-11-18)9-12-21(24)23-15-13-22(14-16-23)19-5-3-4-6-20(19)26-2/h3-12H,13-16H2,1-2H3/b12-9-. The number of hydrogen-bond donors (Lipinski definition) is 0. The smallest absolute Gasteiger partial charge is 0.246 e. The van der Waals surface area contributed by atoms with Gasteiger partial charge in [-0.1, -0.05) is 24.3 Å². The number of rotatable bonds is 5. The van der Waals surface area contributed by atoms with Crippen LogP contribution in [0.4, 0.5) is 5.69 Å². The van der Waals surface area contributed by atoms with Crippen molar-refractivity contribution in [2.24, 2.45) is 0 Å². The molecule has 0 N–H and O–H groups in total. The number of methoxy groups -OCH3 is 2. The van der Waals surface area contributed by atoms with Crippen molar-refractivity contribution in [3.63, 3.8) is 0 Å². The van der Waals surface area contributed by atoms with Crippen molar-refractivity contribution in [1.29, 1.82) is 0 Å². The van der Waals surface area contributed by atoms with Gasteiger partial charge < -0.3 is 19.3 Å². The summed E-state index contributed by atoms with van der Waals surface area (Å²) in [5.41, 5.74) is 2.06. The molecule has 1 aliphatic heterocycles. The van der Waals surface area contributed by atoms with Crippen LogP contribution < -0.4 is 14.4 Å². The third-order valence-corrected chi connectivity index (χ3v) is 4.55. The third kappa shape index (κ3) is 4.17. The Balaban J connectivity index is 1.57. The summed E-state index contributed by atoms with van der Waals surface area (Å²) in [5.74, 6) is 1.72. The van der Waals surface area contributed by atoms with E-state index >= 15 is 0 Å². The van der Waals surface area contributed by atoms with E-state index in [4.69, 9.17) is 9.47 Å². The highest BCUT2D eigenvalue weighted by Gasteiger charge is 2.21. The topological polar surface area (TPSA) is 42.0 Å². The van der Waals surface area contributed by atoms with E-state index in [1.807, 2.05) is 53.4 Å². The first kappa shape index (κ1) is 17.9. The number of benzene rings is 2. The molecular formula is C21H24N2O3. The lowest BCUT2D eigenvalue weighted by Crippen LogP contribution is -2.48. The minimum Gasteiger partial charge on any atom is -0.497 e. The number of hydrogen-bond acceptors (Lipinski definition) is 4. The molecule has 1 saturated heterocycles. The number of para-hydroxylation sites is 2. The van der Waals surface area contributed by atoms with Crippen LogP contribution in [0.3, 0.4) is 0 Å². The fraction of sp³-hybridized carbons (Fsp3) is 0.286. The fourth-order valence-corrected chi connectivity index (χ4v) is 3.05. The molecule has 2 aromatic rings. The van der Waals surface area contributed by atoms with Crippen molar-refractivity contribution < 1.29 is 14.3 Å². The summed E-state index contributed by atoms with van der Waals surface area (Å²) in [5, 5.41) is 0. The van der Waals surface area contributed by atoms with Crippen molar-refractivity contribution in [2.45, 2.75) is 0 Å². The molecule has 0 atom stereocenters. The van der Waals surface area contributed by atoms with E-state index in [0.29, 0.717) is 13.1 Å². The molecule has 0 radical (unpaired) electrons. The predicted octanol–water partition coefficient (Wildman–Crippen LogP) is 3.07. The van der Waals surface area contributed by atoms with Crippen molar-refractivity contribution in [3.8, 4) is 11.5 Å². The second-order valence-electron chi connectivity index (χ2n) is 6.09. The van der Waals surface area contributed by atoms with E-state index in [1.165, 1.54) is 0 Å². The van der Waals surface area contributed by atoms with Gasteiger partial charge in [-0.25, -0.2) is 0 Å². The maximum Gasteiger partial charge on any atom is 0.246 e. The molecule has 26 heavy (non-hydrogen) atoms. The predicted molar refractivity (Wildman–Crippen MR) is 104 cm³/mol. The van der Waals surface area contributed by atoms with Crippen molar-refractivity contribution >= 4 is 17.7 Å². The first-order valence-corrected chi connectivity index (χ1v) is 8.70. The monoisotopic (exact) mass is 352 g/mol. The highest BCUT2D eigenvalue weighted by molar-refractivity contribution is 5.92. The Kier molecular flexibility index (Phi) is 5.79. The molecule has 2 aromatic carbocycles. The van der Waals surface area contributed by atoms with Gasteiger partial charge in [-0.05, 0) is 35.9 Å². The first-order chi connectivity index (χ1) is 12.7. The quantitative estimate of drug-likeness (QED) is 0.776. The lowest BCUT2D eigenvalue weighted by Gasteiger charge is -2.36. The lowest BCUT2D eigenvalue weighted by atomic mass is 10.2. The van der Waals surface area contributed by atoms with Gasteiger partial charge in [0.05, 0.1) is 19.9 Å². The van der Waals surface area contributed by atoms with E-state index in [2.05, 4.69) is 11.0 Å². The number of anilines is 1. The van der Waals surface area contributed by atoms with Gasteiger partial charge in [0, 0.05) is 32.3 Å². The second-order valence-corrected chi connectivity index (χ2v) is 6.09. The average Bonchev–Trinajstić information content (AvgIpc) is 2.72. The summed E-state index contributed by atoms with van der Waals surface area (Å²) in [7, 11) is 3.32. The zero-order valence-corrected chi connectivity index (χ0v) is 15.2. The molecule has 1 fully saturated rings. The SMILES string of the molecule is COc1ccc(/C=C\C(=O)N2CCN(c3ccccc3OC)CC2)cc1. The van der Waals surface area contributed by atoms with Crippen LogP contribution in [-0.4, -0.2) is 51.2 Å². The van der Waals surface area contributed by atoms with Crippen LogP contribution in [0.25, 0.3) is 6.08 Å². The van der Waals surface area contributed by atoms with Gasteiger partial charge in [0.25, 0.3) is 0 Å². The van der Waals surface area contributed by atoms with E-state index in [0.717, 1.165) is 35.8 Å². The van der Waals surface area contributed by atoms with Gasteiger partial charge in [-0.2, -0.15) is 0 Å². The number of carbonyl (C=O) groups excluding carboxylic acids is 1. The Morgan fingerprint density at radius 2 is 1.62 bits per heavy atom. The van der Waals surface area contributed by atoms with Gasteiger partial charge >= 0.3 is 0 Å². The van der Waals surface area contributed by atoms with Crippen molar-refractivity contribution in [3.05, 3.63) is 60.2 Å². The molecule has 0 saturated carbocycles. The number of piperazine rings is 1. The molecule has 1 amide bonds. The maximum atomic E-state index is 12.4. The van der Waals surface area contributed by atoms with Crippen LogP contribution in [0, 0.1) is 0 Å². The lowest BCUT2D eigenvalue weighted by molar-refractivity contribution is -0.126. The Morgan fingerprint density at radius 1 is 0.923 bits per heavy atom. The Morgan fingerprint density at radius 3 is 2.27 bits per heavy atom. The maximum absolute atomic E-state index is 12.4. The summed E-state index contributed by atoms with van der Waals surface area (Å²) in [6.45, 7) is 2.98. The van der Waals surface area contributed by atoms with Crippen LogP contribution >= 0.6 is 0 Å². The van der Waals surface area contributed by atoms with Crippen LogP contribution in [0.2, 0.25) is 0 Å². The molecule has 0 aliphatic carbocycles. The summed E-state index contributed by atoms with van der Waals surface area (Å²) in [6, 6.07) is 15.6. The van der Waals surface area contributed by atoms with Crippen LogP contribution in [-0.2, 0) is 4.79 Å². The number of ether oxygens (including phenoxy) is 2. The van der Waals surface area contributed by atoms with Gasteiger partial charge in [0.2, 0.25) is 5.91 Å². The Bertz CT molecular complexity index is 763. The molecule has 136 valence electrons. The normalized spacial score (nSPS) is 14.5. The fourth-order valence-electron chi connectivity index (χ4n) is 3.05. The summed E-state index contributed by atoms with van der Waals surface area (Å²) in [6.07, 6.45) is 3.48. The van der Waals surface area contributed by atoms with E-state index in [1.54, 1.807) is 20.3 Å². The average molecular weight is 352 g/mol. The molecule has 0 spiro atoms. The zero-order valence-electron chi connectivity index (χ0n) is 15.2. The molecule has 3 rings (SSSR count). The summed E-state index contributed by atoms with van der Waals surface area (Å²) in [4.78, 5) is 16.6. The Hall–Kier alpha value is -2.95. The second kappa shape index (κ2) is 8.43. The largest absolute Gasteiger partial charge is 0.497 e. The molecule has 0 unspecified atom stereocenters. The van der Waals surface area contributed by atoms with Gasteiger partial charge in [0.15, 0.2) is 0 Å². The van der Waals surface area contributed by atoms with Gasteiger partial charge in [-0.3, -0.25) is 4.79 Å². The molecule has 5 heteroatoms. The molecule has 5 nitrogen and oxygen atoms in total. The van der Waals surface area contributed by atoms with Crippen LogP contribution in [0.15, 0.2) is 54.6 Å². The van der Waals surface area contributed by atoms with Gasteiger partial charge in [0.1, 0.15) is 11.5 Å².